The molecule has 0 saturated heterocycles. The highest BCUT2D eigenvalue weighted by Crippen LogP contribution is 2.47. The van der Waals surface area contributed by atoms with Crippen LogP contribution in [0, 0.1) is 0 Å². The van der Waals surface area contributed by atoms with Gasteiger partial charge < -0.3 is 19.3 Å². The largest absolute Gasteiger partial charge is 0.460 e. The van der Waals surface area contributed by atoms with Crippen LogP contribution < -0.4 is 10.4 Å². The van der Waals surface area contributed by atoms with E-state index in [4.69, 9.17) is 14.0 Å². The van der Waals surface area contributed by atoms with Crippen LogP contribution in [-0.4, -0.2) is 38.1 Å². The zero-order chi connectivity index (χ0) is 29.4. The second kappa shape index (κ2) is 13.6. The molecule has 0 bridgehead atoms. The molecule has 216 valence electrons. The molecule has 9 heteroatoms. The Hall–Kier alpha value is -4.23. The number of carbonyl (C=O) groups is 2. The fourth-order valence-corrected chi connectivity index (χ4v) is 6.82. The van der Waals surface area contributed by atoms with Gasteiger partial charge in [0.25, 0.3) is 7.52 Å². The van der Waals surface area contributed by atoms with Crippen molar-refractivity contribution in [3.63, 3.8) is 0 Å². The van der Waals surface area contributed by atoms with Gasteiger partial charge in [0, 0.05) is 19.4 Å². The molecule has 0 spiro atoms. The van der Waals surface area contributed by atoms with E-state index in [1.807, 2.05) is 97.1 Å². The van der Waals surface area contributed by atoms with Crippen LogP contribution in [0.25, 0.3) is 11.1 Å². The van der Waals surface area contributed by atoms with E-state index in [1.165, 1.54) is 7.11 Å². The maximum absolute atomic E-state index is 14.0. The molecular weight excluding hydrogens is 551 g/mol. The molecule has 2 atom stereocenters. The molecule has 2 N–H and O–H groups in total. The third kappa shape index (κ3) is 6.97. The summed E-state index contributed by atoms with van der Waals surface area (Å²) in [5.41, 5.74) is 6.08. The van der Waals surface area contributed by atoms with Crippen molar-refractivity contribution in [2.75, 3.05) is 20.3 Å². The lowest BCUT2D eigenvalue weighted by Gasteiger charge is -2.27. The first kappa shape index (κ1) is 29.3. The Morgan fingerprint density at radius 3 is 1.90 bits per heavy atom. The SMILES string of the molecule is COP(=O)(NCC(=O)OCc1ccccc1)C(Cc1ccccc1)NC(=O)OCC1c2ccccc2-c2ccccc21. The van der Waals surface area contributed by atoms with Gasteiger partial charge in [0.15, 0.2) is 0 Å². The quantitative estimate of drug-likeness (QED) is 0.150. The maximum atomic E-state index is 14.0. The Bertz CT molecular complexity index is 1520. The number of amides is 1. The fraction of sp³-hybridized carbons (Fsp3) is 0.212. The van der Waals surface area contributed by atoms with Crippen molar-refractivity contribution in [3.05, 3.63) is 131 Å². The molecule has 1 aliphatic rings. The Morgan fingerprint density at radius 1 is 0.762 bits per heavy atom. The molecule has 42 heavy (non-hydrogen) atoms. The molecule has 5 rings (SSSR count). The zero-order valence-corrected chi connectivity index (χ0v) is 24.2. The summed E-state index contributed by atoms with van der Waals surface area (Å²) in [4.78, 5) is 25.6. The van der Waals surface area contributed by atoms with Gasteiger partial charge in [-0.05, 0) is 33.4 Å². The summed E-state index contributed by atoms with van der Waals surface area (Å²) in [6.07, 6.45) is -0.550. The Balaban J connectivity index is 1.26. The molecule has 4 aromatic rings. The molecule has 0 saturated carbocycles. The predicted octanol–water partition coefficient (Wildman–Crippen LogP) is 6.27. The van der Waals surface area contributed by atoms with E-state index in [0.29, 0.717) is 0 Å². The van der Waals surface area contributed by atoms with E-state index in [1.54, 1.807) is 0 Å². The standard InChI is InChI=1S/C33H33N2O6P/c1-39-42(38,34-21-32(36)40-22-25-14-6-3-7-15-25)31(20-24-12-4-2-5-13-24)35-33(37)41-23-30-28-18-10-8-16-26(28)27-17-9-11-19-29(27)30/h2-19,30-31H,20-23H2,1H3,(H,34,38)(H,35,37). The van der Waals surface area contributed by atoms with Crippen LogP contribution in [0.15, 0.2) is 109 Å². The fourth-order valence-electron chi connectivity index (χ4n) is 5.14. The minimum atomic E-state index is -3.80. The number of alkyl carbamates (subject to hydrolysis) is 1. The first-order chi connectivity index (χ1) is 20.5. The van der Waals surface area contributed by atoms with Gasteiger partial charge in [-0.1, -0.05) is 109 Å². The van der Waals surface area contributed by atoms with Crippen LogP contribution in [0.2, 0.25) is 0 Å². The van der Waals surface area contributed by atoms with Crippen molar-refractivity contribution in [2.45, 2.75) is 24.7 Å². The highest BCUT2D eigenvalue weighted by Gasteiger charge is 2.36. The number of esters is 1. The minimum absolute atomic E-state index is 0.0874. The molecule has 0 radical (unpaired) electrons. The first-order valence-electron chi connectivity index (χ1n) is 13.7. The van der Waals surface area contributed by atoms with E-state index in [2.05, 4.69) is 22.5 Å². The predicted molar refractivity (Wildman–Crippen MR) is 161 cm³/mol. The van der Waals surface area contributed by atoms with Crippen LogP contribution in [0.3, 0.4) is 0 Å². The number of benzene rings is 4. The van der Waals surface area contributed by atoms with Crippen molar-refractivity contribution >= 4 is 19.6 Å². The minimum Gasteiger partial charge on any atom is -0.460 e. The Kier molecular flexibility index (Phi) is 9.49. The molecule has 0 aromatic heterocycles. The maximum Gasteiger partial charge on any atom is 0.407 e. The molecule has 0 fully saturated rings. The second-order valence-electron chi connectivity index (χ2n) is 9.94. The van der Waals surface area contributed by atoms with E-state index in [0.717, 1.165) is 33.4 Å². The third-order valence-corrected chi connectivity index (χ3v) is 9.54. The molecule has 0 aliphatic heterocycles. The van der Waals surface area contributed by atoms with Crippen LogP contribution >= 0.6 is 7.52 Å². The molecule has 8 nitrogen and oxygen atoms in total. The summed E-state index contributed by atoms with van der Waals surface area (Å²) in [7, 11) is -2.52. The number of ether oxygens (including phenoxy) is 2. The average molecular weight is 585 g/mol. The topological polar surface area (TPSA) is 103 Å². The Morgan fingerprint density at radius 2 is 1.31 bits per heavy atom. The summed E-state index contributed by atoms with van der Waals surface area (Å²) in [6, 6.07) is 34.7. The monoisotopic (exact) mass is 584 g/mol. The van der Waals surface area contributed by atoms with Gasteiger partial charge in [-0.25, -0.2) is 9.88 Å². The van der Waals surface area contributed by atoms with Crippen LogP contribution in [0.4, 0.5) is 4.79 Å². The van der Waals surface area contributed by atoms with Crippen molar-refractivity contribution in [1.29, 1.82) is 0 Å². The molecule has 2 unspecified atom stereocenters. The Labute approximate surface area is 245 Å². The lowest BCUT2D eigenvalue weighted by Crippen LogP contribution is -2.41. The highest BCUT2D eigenvalue weighted by atomic mass is 31.2. The van der Waals surface area contributed by atoms with Crippen molar-refractivity contribution in [3.8, 4) is 11.1 Å². The number of rotatable bonds is 12. The lowest BCUT2D eigenvalue weighted by molar-refractivity contribution is -0.143. The summed E-state index contributed by atoms with van der Waals surface area (Å²) < 4.78 is 30.4. The summed E-state index contributed by atoms with van der Waals surface area (Å²) in [6.45, 7) is -0.172. The summed E-state index contributed by atoms with van der Waals surface area (Å²) in [5, 5.41) is 5.47. The zero-order valence-electron chi connectivity index (χ0n) is 23.3. The summed E-state index contributed by atoms with van der Waals surface area (Å²) in [5.74, 6) is -1.74. The van der Waals surface area contributed by atoms with Crippen molar-refractivity contribution in [1.82, 2.24) is 10.4 Å². The lowest BCUT2D eigenvalue weighted by atomic mass is 9.98. The van der Waals surface area contributed by atoms with E-state index in [9.17, 15) is 14.2 Å². The number of hydrogen-bond donors (Lipinski definition) is 2. The van der Waals surface area contributed by atoms with Gasteiger partial charge >= 0.3 is 12.1 Å². The highest BCUT2D eigenvalue weighted by molar-refractivity contribution is 7.57. The normalized spacial score (nSPS) is 14.2. The summed E-state index contributed by atoms with van der Waals surface area (Å²) >= 11 is 0. The third-order valence-electron chi connectivity index (χ3n) is 7.27. The van der Waals surface area contributed by atoms with E-state index < -0.39 is 25.4 Å². The van der Waals surface area contributed by atoms with Crippen LogP contribution in [0.5, 0.6) is 0 Å². The molecule has 4 aromatic carbocycles. The van der Waals surface area contributed by atoms with Gasteiger partial charge in [-0.2, -0.15) is 0 Å². The van der Waals surface area contributed by atoms with Crippen molar-refractivity contribution in [2.24, 2.45) is 0 Å². The van der Waals surface area contributed by atoms with Gasteiger partial charge in [0.05, 0.1) is 0 Å². The van der Waals surface area contributed by atoms with E-state index in [-0.39, 0.29) is 32.1 Å². The van der Waals surface area contributed by atoms with Gasteiger partial charge in [-0.15, -0.1) is 0 Å². The van der Waals surface area contributed by atoms with Crippen molar-refractivity contribution < 1.29 is 28.2 Å². The number of fused-ring (bicyclic) bond motifs is 3. The van der Waals surface area contributed by atoms with Crippen LogP contribution in [-0.2, 0) is 36.4 Å². The number of nitrogens with one attached hydrogen (secondary N) is 2. The van der Waals surface area contributed by atoms with Crippen LogP contribution in [0.1, 0.15) is 28.2 Å². The smallest absolute Gasteiger partial charge is 0.407 e. The molecular formula is C33H33N2O6P. The van der Waals surface area contributed by atoms with Gasteiger partial charge in [-0.3, -0.25) is 9.36 Å². The number of hydrogen-bond acceptors (Lipinski definition) is 6. The second-order valence-corrected chi connectivity index (χ2v) is 12.4. The molecule has 1 aliphatic carbocycles. The van der Waals surface area contributed by atoms with E-state index >= 15 is 0 Å². The van der Waals surface area contributed by atoms with Gasteiger partial charge in [0.2, 0.25) is 0 Å². The molecule has 0 heterocycles. The molecule has 1 amide bonds. The van der Waals surface area contributed by atoms with Gasteiger partial charge in [0.1, 0.15) is 25.5 Å². The average Bonchev–Trinajstić information content (AvgIpc) is 3.36. The number of carbonyl (C=O) groups excluding carboxylic acids is 2. The first-order valence-corrected chi connectivity index (χ1v) is 15.4.